The second-order valence-corrected chi connectivity index (χ2v) is 11.7. The van der Waals surface area contributed by atoms with Crippen molar-refractivity contribution < 1.29 is 14.6 Å². The van der Waals surface area contributed by atoms with E-state index in [1.807, 2.05) is 0 Å². The Morgan fingerprint density at radius 1 is 1.00 bits per heavy atom. The molecule has 5 aliphatic rings. The Morgan fingerprint density at radius 3 is 2.55 bits per heavy atom. The minimum atomic E-state index is -0.755. The van der Waals surface area contributed by atoms with Gasteiger partial charge in [0.1, 0.15) is 0 Å². The van der Waals surface area contributed by atoms with Gasteiger partial charge in [0.15, 0.2) is 5.79 Å². The topological polar surface area (TPSA) is 38.7 Å². The van der Waals surface area contributed by atoms with E-state index in [-0.39, 0.29) is 5.41 Å². The van der Waals surface area contributed by atoms with Gasteiger partial charge in [0.2, 0.25) is 0 Å². The van der Waals surface area contributed by atoms with E-state index in [9.17, 15) is 5.11 Å². The lowest BCUT2D eigenvalue weighted by Crippen LogP contribution is -2.63. The number of hydrogen-bond acceptors (Lipinski definition) is 3. The highest BCUT2D eigenvalue weighted by Gasteiger charge is 2.65. The molecule has 1 N–H and O–H groups in total. The molecule has 4 aliphatic carbocycles. The predicted octanol–water partition coefficient (Wildman–Crippen LogP) is 5.73. The van der Waals surface area contributed by atoms with Gasteiger partial charge >= 0.3 is 0 Å². The van der Waals surface area contributed by atoms with Gasteiger partial charge < -0.3 is 14.6 Å². The molecule has 3 heteroatoms. The second kappa shape index (κ2) is 6.92. The van der Waals surface area contributed by atoms with Gasteiger partial charge in [-0.2, -0.15) is 0 Å². The van der Waals surface area contributed by atoms with Gasteiger partial charge in [-0.3, -0.25) is 0 Å². The van der Waals surface area contributed by atoms with E-state index >= 15 is 0 Å². The van der Waals surface area contributed by atoms with Crippen molar-refractivity contribution in [3.8, 4) is 0 Å². The van der Waals surface area contributed by atoms with Crippen LogP contribution in [0.4, 0.5) is 0 Å². The predicted molar refractivity (Wildman–Crippen MR) is 122 cm³/mol. The standard InChI is InChI=1S/C28H38O3/c1-20-5-7-21(8-6-20)18-26-14-15-28(30-16-17-31-28)19-27(26,29)13-9-22-23-4-3-11-25(23,2)12-10-24(22)26/h5-8,10,22-23,29H,3-4,9,11-19H2,1-2H3/t22-,23-,25-,26-,27+/m0/s1. The third kappa shape index (κ3) is 2.96. The van der Waals surface area contributed by atoms with Crippen LogP contribution in [0.1, 0.15) is 75.8 Å². The number of aryl methyl sites for hydroxylation is 1. The van der Waals surface area contributed by atoms with Gasteiger partial charge in [-0.05, 0) is 74.7 Å². The molecule has 1 heterocycles. The molecule has 5 atom stereocenters. The number of aliphatic hydroxyl groups is 1. The minimum absolute atomic E-state index is 0.185. The summed E-state index contributed by atoms with van der Waals surface area (Å²) in [4.78, 5) is 0. The third-order valence-corrected chi connectivity index (χ3v) is 10.1. The molecule has 3 saturated carbocycles. The van der Waals surface area contributed by atoms with Crippen molar-refractivity contribution in [2.75, 3.05) is 13.2 Å². The van der Waals surface area contributed by atoms with Crippen molar-refractivity contribution in [3.05, 3.63) is 47.0 Å². The first-order valence-corrected chi connectivity index (χ1v) is 12.6. The van der Waals surface area contributed by atoms with Crippen LogP contribution in [0.2, 0.25) is 0 Å². The van der Waals surface area contributed by atoms with E-state index in [0.29, 0.717) is 31.0 Å². The molecule has 1 aromatic rings. The smallest absolute Gasteiger partial charge is 0.171 e. The molecule has 0 radical (unpaired) electrons. The van der Waals surface area contributed by atoms with Crippen LogP contribution in [0.3, 0.4) is 0 Å². The number of fused-ring (bicyclic) bond motifs is 5. The van der Waals surface area contributed by atoms with E-state index in [1.165, 1.54) is 36.8 Å². The molecule has 168 valence electrons. The molecule has 1 aromatic carbocycles. The molecule has 3 nitrogen and oxygen atoms in total. The highest BCUT2D eigenvalue weighted by molar-refractivity contribution is 5.36. The average Bonchev–Trinajstić information content (AvgIpc) is 3.36. The van der Waals surface area contributed by atoms with Gasteiger partial charge in [-0.25, -0.2) is 0 Å². The van der Waals surface area contributed by atoms with Crippen molar-refractivity contribution in [1.29, 1.82) is 0 Å². The van der Waals surface area contributed by atoms with Crippen LogP contribution in [0.15, 0.2) is 35.9 Å². The fourth-order valence-corrected chi connectivity index (χ4v) is 8.45. The Labute approximate surface area is 187 Å². The van der Waals surface area contributed by atoms with Crippen LogP contribution >= 0.6 is 0 Å². The highest BCUT2D eigenvalue weighted by atomic mass is 16.7. The van der Waals surface area contributed by atoms with Gasteiger partial charge in [-0.15, -0.1) is 0 Å². The van der Waals surface area contributed by atoms with Crippen LogP contribution in [0.5, 0.6) is 0 Å². The van der Waals surface area contributed by atoms with Crippen molar-refractivity contribution >= 4 is 0 Å². The summed E-state index contributed by atoms with van der Waals surface area (Å²) >= 11 is 0. The molecule has 0 unspecified atom stereocenters. The first-order chi connectivity index (χ1) is 14.9. The zero-order valence-electron chi connectivity index (χ0n) is 19.3. The lowest BCUT2D eigenvalue weighted by molar-refractivity contribution is -0.258. The number of rotatable bonds is 2. The number of benzene rings is 1. The third-order valence-electron chi connectivity index (χ3n) is 10.1. The Kier molecular flexibility index (Phi) is 4.56. The molecular formula is C28H38O3. The molecule has 6 rings (SSSR count). The monoisotopic (exact) mass is 422 g/mol. The number of allylic oxidation sites excluding steroid dienone is 1. The summed E-state index contributed by atoms with van der Waals surface area (Å²) in [6.07, 6.45) is 13.3. The van der Waals surface area contributed by atoms with Crippen LogP contribution in [0.25, 0.3) is 0 Å². The van der Waals surface area contributed by atoms with Gasteiger partial charge in [0, 0.05) is 18.3 Å². The van der Waals surface area contributed by atoms with Crippen LogP contribution in [-0.4, -0.2) is 29.7 Å². The molecule has 0 bridgehead atoms. The Morgan fingerprint density at radius 2 is 1.77 bits per heavy atom. The summed E-state index contributed by atoms with van der Waals surface area (Å²) in [5.41, 5.74) is 3.79. The molecule has 1 aliphatic heterocycles. The lowest BCUT2D eigenvalue weighted by atomic mass is 9.45. The van der Waals surface area contributed by atoms with Gasteiger partial charge in [0.25, 0.3) is 0 Å². The summed E-state index contributed by atoms with van der Waals surface area (Å²) in [6.45, 7) is 6.00. The molecule has 1 spiro atoms. The van der Waals surface area contributed by atoms with Crippen LogP contribution < -0.4 is 0 Å². The van der Waals surface area contributed by atoms with E-state index in [2.05, 4.69) is 44.2 Å². The highest BCUT2D eigenvalue weighted by Crippen LogP contribution is 2.67. The van der Waals surface area contributed by atoms with Crippen LogP contribution in [0, 0.1) is 29.6 Å². The summed E-state index contributed by atoms with van der Waals surface area (Å²) < 4.78 is 12.3. The Hall–Kier alpha value is -1.16. The first-order valence-electron chi connectivity index (χ1n) is 12.6. The van der Waals surface area contributed by atoms with Crippen molar-refractivity contribution in [3.63, 3.8) is 0 Å². The largest absolute Gasteiger partial charge is 0.389 e. The van der Waals surface area contributed by atoms with Gasteiger partial charge in [-0.1, -0.05) is 54.8 Å². The van der Waals surface area contributed by atoms with E-state index in [0.717, 1.165) is 38.0 Å². The summed E-state index contributed by atoms with van der Waals surface area (Å²) in [6, 6.07) is 9.01. The molecular weight excluding hydrogens is 384 g/mol. The average molecular weight is 423 g/mol. The summed E-state index contributed by atoms with van der Waals surface area (Å²) in [5.74, 6) is 0.878. The van der Waals surface area contributed by atoms with Crippen molar-refractivity contribution in [1.82, 2.24) is 0 Å². The summed E-state index contributed by atoms with van der Waals surface area (Å²) in [7, 11) is 0. The van der Waals surface area contributed by atoms with Crippen molar-refractivity contribution in [2.24, 2.45) is 22.7 Å². The second-order valence-electron chi connectivity index (χ2n) is 11.7. The van der Waals surface area contributed by atoms with E-state index in [1.54, 1.807) is 5.57 Å². The Balaban J connectivity index is 1.44. The van der Waals surface area contributed by atoms with Crippen LogP contribution in [-0.2, 0) is 15.9 Å². The lowest BCUT2D eigenvalue weighted by Gasteiger charge is -2.62. The quantitative estimate of drug-likeness (QED) is 0.619. The maximum Gasteiger partial charge on any atom is 0.171 e. The molecule has 0 amide bonds. The fourth-order valence-electron chi connectivity index (χ4n) is 8.45. The van der Waals surface area contributed by atoms with Crippen molar-refractivity contribution in [2.45, 2.75) is 89.4 Å². The maximum atomic E-state index is 12.4. The zero-order chi connectivity index (χ0) is 21.3. The van der Waals surface area contributed by atoms with E-state index in [4.69, 9.17) is 9.47 Å². The fraction of sp³-hybridized carbons (Fsp3) is 0.714. The summed E-state index contributed by atoms with van der Waals surface area (Å²) in [5, 5.41) is 12.4. The van der Waals surface area contributed by atoms with Gasteiger partial charge in [0.05, 0.1) is 18.8 Å². The molecule has 4 fully saturated rings. The SMILES string of the molecule is Cc1ccc(C[C@]23CCC4(C[C@]2(O)CC[C@@H]2C3=CC[C@]3(C)CCC[C@@H]23)OCCO4)cc1. The normalized spacial score (nSPS) is 43.3. The minimum Gasteiger partial charge on any atom is -0.389 e. The first kappa shape index (κ1) is 20.4. The maximum absolute atomic E-state index is 12.4. The molecule has 0 aromatic heterocycles. The Bertz CT molecular complexity index is 882. The number of hydrogen-bond donors (Lipinski definition) is 1. The molecule has 1 saturated heterocycles. The van der Waals surface area contributed by atoms with E-state index < -0.39 is 11.4 Å². The molecule has 31 heavy (non-hydrogen) atoms. The zero-order valence-corrected chi connectivity index (χ0v) is 19.3. The number of ether oxygens (including phenoxy) is 2.